The van der Waals surface area contributed by atoms with Crippen LogP contribution in [0, 0.1) is 0 Å². The smallest absolute Gasteiger partial charge is 0.306 e. The van der Waals surface area contributed by atoms with Crippen molar-refractivity contribution in [2.24, 2.45) is 0 Å². The average molecular weight is 980 g/mol. The summed E-state index contributed by atoms with van der Waals surface area (Å²) in [5.41, 5.74) is 0. The Bertz CT molecular complexity index is 1590. The molecule has 0 aliphatic carbocycles. The van der Waals surface area contributed by atoms with E-state index in [9.17, 15) is 14.4 Å². The van der Waals surface area contributed by atoms with Crippen LogP contribution in [0.1, 0.15) is 226 Å². The molecule has 0 radical (unpaired) electrons. The number of unbranched alkanes of at least 4 members (excludes halogenated alkanes) is 14. The first-order valence-corrected chi connectivity index (χ1v) is 28.3. The van der Waals surface area contributed by atoms with Crippen LogP contribution >= 0.6 is 0 Å². The fraction of sp³-hybridized carbons (Fsp3) is 0.585. The predicted molar refractivity (Wildman–Crippen MR) is 306 cm³/mol. The predicted octanol–water partition coefficient (Wildman–Crippen LogP) is 19.2. The molecule has 0 amide bonds. The third-order valence-electron chi connectivity index (χ3n) is 11.3. The number of hydrogen-bond acceptors (Lipinski definition) is 6. The van der Waals surface area contributed by atoms with E-state index in [1.54, 1.807) is 0 Å². The van der Waals surface area contributed by atoms with Crippen molar-refractivity contribution in [2.45, 2.75) is 232 Å². The van der Waals surface area contributed by atoms with Gasteiger partial charge in [0.1, 0.15) is 13.2 Å². The van der Waals surface area contributed by atoms with Gasteiger partial charge in [-0.1, -0.05) is 218 Å². The molecule has 0 spiro atoms. The normalized spacial score (nSPS) is 13.2. The highest BCUT2D eigenvalue weighted by molar-refractivity contribution is 5.71. The standard InChI is InChI=1S/C65H102O6/c1-4-7-10-13-16-19-22-25-28-31-32-35-37-40-43-46-49-52-55-58-64(67)70-61-62(71-65(68)59-56-53-50-47-44-41-38-34-30-27-24-21-18-15-12-9-6-3)60-69-63(66)57-54-51-48-45-42-39-36-33-29-26-23-20-17-14-11-8-5-2/h7,10,16,18-19,21,25-30,32,35-36,38-41,43,45,47-48,50,62H,4-6,8-9,11-15,17,20,22-24,31,33-34,37,42,44,46,49,51-61H2,1-3H3/b10-7-,19-16-,21-18-,28-25-,29-26-,30-27-,35-32-,39-36-,41-38-,43-40-,48-45-,50-47-. The summed E-state index contributed by atoms with van der Waals surface area (Å²) < 4.78 is 16.7. The minimum absolute atomic E-state index is 0.139. The third kappa shape index (κ3) is 56.1. The molecule has 1 unspecified atom stereocenters. The molecule has 0 bridgehead atoms. The highest BCUT2D eigenvalue weighted by atomic mass is 16.6. The summed E-state index contributed by atoms with van der Waals surface area (Å²) in [6.07, 6.45) is 82.7. The van der Waals surface area contributed by atoms with Gasteiger partial charge in [-0.3, -0.25) is 14.4 Å². The van der Waals surface area contributed by atoms with Crippen molar-refractivity contribution in [3.8, 4) is 0 Å². The first-order valence-electron chi connectivity index (χ1n) is 28.3. The topological polar surface area (TPSA) is 78.9 Å². The number of allylic oxidation sites excluding steroid dienone is 24. The van der Waals surface area contributed by atoms with Crippen molar-refractivity contribution in [3.05, 3.63) is 146 Å². The Hall–Kier alpha value is -4.71. The average Bonchev–Trinajstić information content (AvgIpc) is 3.37. The van der Waals surface area contributed by atoms with E-state index in [1.165, 1.54) is 70.6 Å². The number of esters is 3. The van der Waals surface area contributed by atoms with Crippen LogP contribution in [0.5, 0.6) is 0 Å². The zero-order valence-corrected chi connectivity index (χ0v) is 45.4. The van der Waals surface area contributed by atoms with Crippen molar-refractivity contribution < 1.29 is 28.6 Å². The minimum Gasteiger partial charge on any atom is -0.462 e. The van der Waals surface area contributed by atoms with Crippen LogP contribution in [-0.4, -0.2) is 37.2 Å². The molecule has 0 aliphatic rings. The summed E-state index contributed by atoms with van der Waals surface area (Å²) in [7, 11) is 0. The lowest BCUT2D eigenvalue weighted by atomic mass is 10.1. The summed E-state index contributed by atoms with van der Waals surface area (Å²) in [6, 6.07) is 0. The highest BCUT2D eigenvalue weighted by Crippen LogP contribution is 2.11. The number of hydrogen-bond donors (Lipinski definition) is 0. The van der Waals surface area contributed by atoms with E-state index in [1.807, 2.05) is 0 Å². The van der Waals surface area contributed by atoms with Gasteiger partial charge in [-0.2, -0.15) is 0 Å². The Balaban J connectivity index is 4.64. The van der Waals surface area contributed by atoms with E-state index in [2.05, 4.69) is 167 Å². The van der Waals surface area contributed by atoms with Crippen molar-refractivity contribution in [1.29, 1.82) is 0 Å². The minimum atomic E-state index is -0.848. The van der Waals surface area contributed by atoms with Crippen molar-refractivity contribution in [3.63, 3.8) is 0 Å². The van der Waals surface area contributed by atoms with E-state index in [4.69, 9.17) is 14.2 Å². The summed E-state index contributed by atoms with van der Waals surface area (Å²) >= 11 is 0. The molecule has 0 aromatic rings. The zero-order chi connectivity index (χ0) is 51.4. The van der Waals surface area contributed by atoms with Gasteiger partial charge in [-0.15, -0.1) is 0 Å². The van der Waals surface area contributed by atoms with Gasteiger partial charge in [0.05, 0.1) is 0 Å². The van der Waals surface area contributed by atoms with E-state index < -0.39 is 12.1 Å². The number of rotatable bonds is 49. The van der Waals surface area contributed by atoms with Crippen LogP contribution in [0.4, 0.5) is 0 Å². The zero-order valence-electron chi connectivity index (χ0n) is 45.4. The molecule has 6 heteroatoms. The summed E-state index contributed by atoms with van der Waals surface area (Å²) in [6.45, 7) is 6.36. The van der Waals surface area contributed by atoms with Crippen LogP contribution in [-0.2, 0) is 28.6 Å². The maximum Gasteiger partial charge on any atom is 0.306 e. The molecule has 0 aliphatic heterocycles. The van der Waals surface area contributed by atoms with E-state index >= 15 is 0 Å². The van der Waals surface area contributed by atoms with Gasteiger partial charge < -0.3 is 14.2 Å². The molecule has 71 heavy (non-hydrogen) atoms. The molecule has 0 fully saturated rings. The number of ether oxygens (including phenoxy) is 3. The van der Waals surface area contributed by atoms with Crippen molar-refractivity contribution >= 4 is 17.9 Å². The van der Waals surface area contributed by atoms with Gasteiger partial charge in [-0.25, -0.2) is 0 Å². The first kappa shape index (κ1) is 66.3. The van der Waals surface area contributed by atoms with E-state index in [0.717, 1.165) is 103 Å². The largest absolute Gasteiger partial charge is 0.462 e. The van der Waals surface area contributed by atoms with Gasteiger partial charge in [0, 0.05) is 19.3 Å². The number of carbonyl (C=O) groups excluding carboxylic acids is 3. The molecular weight excluding hydrogens is 877 g/mol. The van der Waals surface area contributed by atoms with Gasteiger partial charge in [0.25, 0.3) is 0 Å². The molecule has 0 aromatic carbocycles. The van der Waals surface area contributed by atoms with Gasteiger partial charge in [0.2, 0.25) is 0 Å². The van der Waals surface area contributed by atoms with Crippen molar-refractivity contribution in [1.82, 2.24) is 0 Å². The quantitative estimate of drug-likeness (QED) is 0.0262. The van der Waals surface area contributed by atoms with Crippen molar-refractivity contribution in [2.75, 3.05) is 13.2 Å². The third-order valence-corrected chi connectivity index (χ3v) is 11.3. The van der Waals surface area contributed by atoms with Crippen LogP contribution in [0.3, 0.4) is 0 Å². The Morgan fingerprint density at radius 3 is 0.944 bits per heavy atom. The molecule has 398 valence electrons. The fourth-order valence-electron chi connectivity index (χ4n) is 7.06. The Morgan fingerprint density at radius 2 is 0.563 bits per heavy atom. The van der Waals surface area contributed by atoms with Crippen LogP contribution in [0.25, 0.3) is 0 Å². The first-order chi connectivity index (χ1) is 35.0. The van der Waals surface area contributed by atoms with E-state index in [-0.39, 0.29) is 38.0 Å². The fourth-order valence-corrected chi connectivity index (χ4v) is 7.06. The molecule has 0 rings (SSSR count). The lowest BCUT2D eigenvalue weighted by Gasteiger charge is -2.18. The Morgan fingerprint density at radius 1 is 0.296 bits per heavy atom. The SMILES string of the molecule is CC/C=C\C/C=C\C/C=C\C/C=C\C/C=C\CCCCCC(=O)OCC(COC(=O)CCC/C=C\C/C=C\C/C=C\CCCCCCCC)OC(=O)CCC/C=C\C/C=C\C/C=C\C/C=C\CCCCC. The summed E-state index contributed by atoms with van der Waals surface area (Å²) in [5.74, 6) is -1.09. The Kier molecular flexibility index (Phi) is 54.0. The second kappa shape index (κ2) is 57.9. The second-order valence-corrected chi connectivity index (χ2v) is 18.1. The maximum absolute atomic E-state index is 12.8. The molecule has 0 saturated carbocycles. The lowest BCUT2D eigenvalue weighted by molar-refractivity contribution is -0.167. The van der Waals surface area contributed by atoms with Gasteiger partial charge in [-0.05, 0) is 135 Å². The maximum atomic E-state index is 12.8. The molecule has 0 N–H and O–H groups in total. The lowest BCUT2D eigenvalue weighted by Crippen LogP contribution is -2.30. The molecule has 0 heterocycles. The van der Waals surface area contributed by atoms with E-state index in [0.29, 0.717) is 19.3 Å². The monoisotopic (exact) mass is 979 g/mol. The summed E-state index contributed by atoms with van der Waals surface area (Å²) in [4.78, 5) is 38.1. The molecular formula is C65H102O6. The van der Waals surface area contributed by atoms with Crippen LogP contribution in [0.15, 0.2) is 146 Å². The Labute approximate surface area is 436 Å². The second-order valence-electron chi connectivity index (χ2n) is 18.1. The molecule has 1 atom stereocenters. The van der Waals surface area contributed by atoms with Crippen LogP contribution < -0.4 is 0 Å². The van der Waals surface area contributed by atoms with Crippen LogP contribution in [0.2, 0.25) is 0 Å². The highest BCUT2D eigenvalue weighted by Gasteiger charge is 2.19. The molecule has 0 saturated heterocycles. The van der Waals surface area contributed by atoms with Gasteiger partial charge in [0.15, 0.2) is 6.10 Å². The molecule has 0 aromatic heterocycles. The summed E-state index contributed by atoms with van der Waals surface area (Å²) in [5, 5.41) is 0. The van der Waals surface area contributed by atoms with Gasteiger partial charge >= 0.3 is 17.9 Å². The number of carbonyl (C=O) groups is 3. The molecule has 6 nitrogen and oxygen atoms in total.